The fourth-order valence-electron chi connectivity index (χ4n) is 8.51. The highest BCUT2D eigenvalue weighted by Crippen LogP contribution is 2.39. The van der Waals surface area contributed by atoms with Crippen LogP contribution < -0.4 is 40.2 Å². The Morgan fingerprint density at radius 3 is 1.16 bits per heavy atom. The lowest BCUT2D eigenvalue weighted by Crippen LogP contribution is -2.39. The molecule has 20 nitrogen and oxygen atoms in total. The molecule has 0 radical (unpaired) electrons. The molecular weight excluding hydrogens is 993 g/mol. The minimum Gasteiger partial charge on any atom is -0.484 e. The molecule has 2 unspecified atom stereocenters. The number of nitrogens with one attached hydrogen (secondary N) is 6. The van der Waals surface area contributed by atoms with Crippen LogP contribution in [0.3, 0.4) is 0 Å². The molecule has 4 amide bonds. The van der Waals surface area contributed by atoms with Crippen LogP contribution in [0.2, 0.25) is 0 Å². The summed E-state index contributed by atoms with van der Waals surface area (Å²) in [6, 6.07) is 29.0. The summed E-state index contributed by atoms with van der Waals surface area (Å²) < 4.78 is 91.2. The molecular formula is C52H74N8O12S2. The number of unbranched alkanes of at least 4 members (excludes halogenated alkanes) is 1. The molecule has 0 aromatic heterocycles. The first-order valence-electron chi connectivity index (χ1n) is 25.1. The molecule has 2 aliphatic rings. The molecule has 6 rings (SSSR count). The Hall–Kier alpha value is -5.40. The number of fused-ring (bicyclic) bond motifs is 2. The minimum absolute atomic E-state index is 0.0914. The highest BCUT2D eigenvalue weighted by molar-refractivity contribution is 7.89. The molecule has 22 heteroatoms. The SMILES string of the molecule is CN(C)C1Cc2ccccc2[C@@H]1Oc1ccc(S(=O)(=O)NCCOCCOCCNC(=O)NCCCCNC(=O)NCCOCCOCCNS(=O)(=O)c2ccc(O[C@H]3c4ccccc4CC3N(C)C)cc2)cc1. The van der Waals surface area contributed by atoms with E-state index < -0.39 is 20.0 Å². The molecule has 0 saturated heterocycles. The van der Waals surface area contributed by atoms with Gasteiger partial charge in [-0.3, -0.25) is 0 Å². The molecule has 0 aliphatic heterocycles. The molecule has 0 saturated carbocycles. The Kier molecular flexibility index (Phi) is 23.2. The number of hydrogen-bond donors (Lipinski definition) is 6. The summed E-state index contributed by atoms with van der Waals surface area (Å²) in [6.07, 6.45) is 2.79. The molecule has 74 heavy (non-hydrogen) atoms. The van der Waals surface area contributed by atoms with Crippen molar-refractivity contribution in [1.82, 2.24) is 40.5 Å². The van der Waals surface area contributed by atoms with Gasteiger partial charge < -0.3 is 59.5 Å². The largest absolute Gasteiger partial charge is 0.484 e. The van der Waals surface area contributed by atoms with Crippen LogP contribution in [0.25, 0.3) is 0 Å². The van der Waals surface area contributed by atoms with Crippen molar-refractivity contribution < 1.29 is 54.8 Å². The number of hydrogen-bond acceptors (Lipinski definition) is 14. The van der Waals surface area contributed by atoms with Crippen LogP contribution in [0.5, 0.6) is 11.5 Å². The second-order valence-electron chi connectivity index (χ2n) is 18.2. The summed E-state index contributed by atoms with van der Waals surface area (Å²) in [4.78, 5) is 28.7. The number of ether oxygens (including phenoxy) is 6. The van der Waals surface area contributed by atoms with Gasteiger partial charge in [0.2, 0.25) is 20.0 Å². The van der Waals surface area contributed by atoms with Crippen molar-refractivity contribution in [3.8, 4) is 11.5 Å². The van der Waals surface area contributed by atoms with Gasteiger partial charge in [0.1, 0.15) is 23.7 Å². The van der Waals surface area contributed by atoms with Gasteiger partial charge in [0.15, 0.2) is 0 Å². The lowest BCUT2D eigenvalue weighted by atomic mass is 10.1. The topological polar surface area (TPSA) is 236 Å². The number of benzene rings is 4. The molecule has 6 N–H and O–H groups in total. The molecule has 0 heterocycles. The zero-order valence-electron chi connectivity index (χ0n) is 42.9. The van der Waals surface area contributed by atoms with Gasteiger partial charge in [0.25, 0.3) is 0 Å². The second kappa shape index (κ2) is 29.6. The summed E-state index contributed by atoms with van der Waals surface area (Å²) in [5, 5.41) is 10.9. The number of nitrogens with zero attached hydrogens (tertiary/aromatic N) is 2. The van der Waals surface area contributed by atoms with Crippen LogP contribution in [-0.2, 0) is 51.8 Å². The maximum Gasteiger partial charge on any atom is 0.314 e. The molecule has 4 atom stereocenters. The predicted octanol–water partition coefficient (Wildman–Crippen LogP) is 3.60. The van der Waals surface area contributed by atoms with Gasteiger partial charge in [0.05, 0.1) is 74.7 Å². The van der Waals surface area contributed by atoms with Crippen molar-refractivity contribution in [3.05, 3.63) is 119 Å². The summed E-state index contributed by atoms with van der Waals surface area (Å²) in [5.41, 5.74) is 4.80. The van der Waals surface area contributed by atoms with E-state index >= 15 is 0 Å². The fourth-order valence-corrected chi connectivity index (χ4v) is 10.5. The number of sulfonamides is 2. The fraction of sp³-hybridized carbons (Fsp3) is 0.500. The lowest BCUT2D eigenvalue weighted by molar-refractivity contribution is 0.0516. The summed E-state index contributed by atoms with van der Waals surface area (Å²) in [5.74, 6) is 1.19. The predicted molar refractivity (Wildman–Crippen MR) is 281 cm³/mol. The van der Waals surface area contributed by atoms with Crippen molar-refractivity contribution in [2.24, 2.45) is 0 Å². The lowest BCUT2D eigenvalue weighted by Gasteiger charge is -2.27. The van der Waals surface area contributed by atoms with E-state index in [-0.39, 0.29) is 112 Å². The van der Waals surface area contributed by atoms with E-state index in [1.807, 2.05) is 52.5 Å². The molecule has 406 valence electrons. The number of likely N-dealkylation sites (N-methyl/N-ethyl adjacent to an activating group) is 2. The van der Waals surface area contributed by atoms with E-state index in [4.69, 9.17) is 28.4 Å². The number of carbonyl (C=O) groups excluding carboxylic acids is 2. The number of amides is 4. The van der Waals surface area contributed by atoms with Gasteiger partial charge in [-0.1, -0.05) is 48.5 Å². The van der Waals surface area contributed by atoms with Crippen molar-refractivity contribution in [1.29, 1.82) is 0 Å². The Labute approximate surface area is 436 Å². The summed E-state index contributed by atoms with van der Waals surface area (Å²) in [7, 11) is 0.649. The standard InChI is InChI=1S/C52H74N8O12S2/c1-59(2)47-37-39-11-5-7-13-45(39)49(47)71-41-15-19-43(20-16-41)73(63,64)57-27-31-69-35-33-67-29-25-55-51(61)53-23-9-10-24-54-52(62)56-26-30-68-34-36-70-32-28-58-74(65,66)44-21-17-42(18-22-44)72-50-46-14-8-6-12-40(46)38-48(50)60(3)4/h5-8,11-22,47-50,57-58H,9-10,23-38H2,1-4H3,(H2,53,55,61)(H2,54,56,62)/t47?,48?,49-,50-/m0/s1. The smallest absolute Gasteiger partial charge is 0.314 e. The van der Waals surface area contributed by atoms with E-state index in [0.29, 0.717) is 50.5 Å². The molecule has 0 spiro atoms. The maximum absolute atomic E-state index is 12.8. The molecule has 4 aromatic rings. The molecule has 4 aromatic carbocycles. The van der Waals surface area contributed by atoms with E-state index in [1.165, 1.54) is 35.4 Å². The average molecular weight is 1070 g/mol. The second-order valence-corrected chi connectivity index (χ2v) is 21.7. The van der Waals surface area contributed by atoms with Crippen molar-refractivity contribution in [2.45, 2.75) is 59.8 Å². The van der Waals surface area contributed by atoms with Gasteiger partial charge in [-0.25, -0.2) is 35.9 Å². The van der Waals surface area contributed by atoms with Crippen molar-refractivity contribution in [3.63, 3.8) is 0 Å². The van der Waals surface area contributed by atoms with Gasteiger partial charge in [-0.2, -0.15) is 0 Å². The van der Waals surface area contributed by atoms with Crippen molar-refractivity contribution in [2.75, 3.05) is 120 Å². The van der Waals surface area contributed by atoms with Crippen LogP contribution in [0.4, 0.5) is 9.59 Å². The monoisotopic (exact) mass is 1070 g/mol. The van der Waals surface area contributed by atoms with Gasteiger partial charge in [0, 0.05) is 39.3 Å². The minimum atomic E-state index is -3.74. The third kappa shape index (κ3) is 18.2. The molecule has 0 bridgehead atoms. The van der Waals surface area contributed by atoms with Gasteiger partial charge in [-0.15, -0.1) is 0 Å². The van der Waals surface area contributed by atoms with Gasteiger partial charge in [-0.05, 0) is 125 Å². The Morgan fingerprint density at radius 2 is 0.797 bits per heavy atom. The van der Waals surface area contributed by atoms with E-state index in [0.717, 1.165) is 24.0 Å². The third-order valence-electron chi connectivity index (χ3n) is 12.5. The number of rotatable bonds is 33. The Balaban J connectivity index is 0.681. The average Bonchev–Trinajstić information content (AvgIpc) is 3.95. The number of carbonyl (C=O) groups is 2. The number of urea groups is 2. The first-order chi connectivity index (χ1) is 35.7. The Bertz CT molecular complexity index is 2400. The maximum atomic E-state index is 12.8. The molecule has 0 fully saturated rings. The first kappa shape index (κ1) is 57.9. The van der Waals surface area contributed by atoms with Crippen LogP contribution in [-0.4, -0.2) is 171 Å². The summed E-state index contributed by atoms with van der Waals surface area (Å²) >= 11 is 0. The van der Waals surface area contributed by atoms with Crippen LogP contribution in [0, 0.1) is 0 Å². The van der Waals surface area contributed by atoms with Crippen LogP contribution >= 0.6 is 0 Å². The zero-order valence-corrected chi connectivity index (χ0v) is 44.5. The first-order valence-corrected chi connectivity index (χ1v) is 28.0. The van der Waals surface area contributed by atoms with Gasteiger partial charge >= 0.3 is 12.1 Å². The molecule has 2 aliphatic carbocycles. The highest BCUT2D eigenvalue weighted by atomic mass is 32.2. The van der Waals surface area contributed by atoms with E-state index in [1.54, 1.807) is 24.3 Å². The summed E-state index contributed by atoms with van der Waals surface area (Å²) in [6.45, 7) is 3.59. The third-order valence-corrected chi connectivity index (χ3v) is 15.4. The zero-order chi connectivity index (χ0) is 52.8. The van der Waals surface area contributed by atoms with Crippen molar-refractivity contribution >= 4 is 32.1 Å². The van der Waals surface area contributed by atoms with Crippen LogP contribution in [0.1, 0.15) is 47.3 Å². The quantitative estimate of drug-likeness (QED) is 0.0375. The Morgan fingerprint density at radius 1 is 0.459 bits per heavy atom. The highest BCUT2D eigenvalue weighted by Gasteiger charge is 2.37. The van der Waals surface area contributed by atoms with E-state index in [2.05, 4.69) is 64.8 Å². The van der Waals surface area contributed by atoms with Crippen LogP contribution in [0.15, 0.2) is 107 Å². The van der Waals surface area contributed by atoms with E-state index in [9.17, 15) is 26.4 Å². The normalized spacial score (nSPS) is 17.2.